The van der Waals surface area contributed by atoms with Gasteiger partial charge in [-0.25, -0.2) is 4.39 Å². The largest absolute Gasteiger partial charge is 0.488 e. The predicted molar refractivity (Wildman–Crippen MR) is 68.8 cm³/mol. The third kappa shape index (κ3) is 3.20. The van der Waals surface area contributed by atoms with E-state index in [0.29, 0.717) is 0 Å². The molecule has 0 aliphatic heterocycles. The van der Waals surface area contributed by atoms with Gasteiger partial charge in [0.15, 0.2) is 0 Å². The lowest BCUT2D eigenvalue weighted by Crippen LogP contribution is -2.01. The van der Waals surface area contributed by atoms with E-state index < -0.39 is 10.7 Å². The van der Waals surface area contributed by atoms with Crippen molar-refractivity contribution >= 4 is 17.3 Å². The fraction of sp³-hybridized carbons (Fsp3) is 0.0769. The molecular formula is C13H9ClFNO3. The van der Waals surface area contributed by atoms with Gasteiger partial charge in [0.05, 0.1) is 15.5 Å². The zero-order valence-corrected chi connectivity index (χ0v) is 10.4. The van der Waals surface area contributed by atoms with E-state index in [9.17, 15) is 14.5 Å². The number of ether oxygens (including phenoxy) is 1. The van der Waals surface area contributed by atoms with Crippen LogP contribution in [0.3, 0.4) is 0 Å². The van der Waals surface area contributed by atoms with Crippen LogP contribution in [0.5, 0.6) is 5.75 Å². The lowest BCUT2D eigenvalue weighted by atomic mass is 10.2. The third-order valence-electron chi connectivity index (χ3n) is 2.47. The standard InChI is InChI=1S/C13H9ClFNO3/c14-12-5-2-6-13(16(17)18)11(12)8-19-10-4-1-3-9(15)7-10/h1-7H,8H2. The topological polar surface area (TPSA) is 52.4 Å². The molecule has 2 rings (SSSR count). The van der Waals surface area contributed by atoms with E-state index in [2.05, 4.69) is 0 Å². The molecule has 0 radical (unpaired) electrons. The molecule has 2 aromatic rings. The summed E-state index contributed by atoms with van der Waals surface area (Å²) in [6.45, 7) is -0.0978. The minimum absolute atomic E-state index is 0.0978. The van der Waals surface area contributed by atoms with E-state index in [1.165, 1.54) is 30.3 Å². The highest BCUT2D eigenvalue weighted by Crippen LogP contribution is 2.27. The number of nitrogens with zero attached hydrogens (tertiary/aromatic N) is 1. The van der Waals surface area contributed by atoms with E-state index in [0.717, 1.165) is 0 Å². The molecule has 0 heterocycles. The molecule has 0 aliphatic rings. The molecule has 98 valence electrons. The molecule has 0 atom stereocenters. The number of hydrogen-bond acceptors (Lipinski definition) is 3. The Hall–Kier alpha value is -2.14. The van der Waals surface area contributed by atoms with Gasteiger partial charge >= 0.3 is 0 Å². The summed E-state index contributed by atoms with van der Waals surface area (Å²) in [6, 6.07) is 9.91. The zero-order valence-electron chi connectivity index (χ0n) is 9.68. The summed E-state index contributed by atoms with van der Waals surface area (Å²) in [5.74, 6) is -0.152. The van der Waals surface area contributed by atoms with Crippen molar-refractivity contribution < 1.29 is 14.1 Å². The molecule has 0 bridgehead atoms. The molecule has 0 saturated carbocycles. The van der Waals surface area contributed by atoms with E-state index in [1.54, 1.807) is 12.1 Å². The van der Waals surface area contributed by atoms with Crippen LogP contribution < -0.4 is 4.74 Å². The fourth-order valence-electron chi connectivity index (χ4n) is 1.57. The van der Waals surface area contributed by atoms with E-state index in [1.807, 2.05) is 0 Å². The Bertz CT molecular complexity index is 619. The molecule has 2 aromatic carbocycles. The van der Waals surface area contributed by atoms with Gasteiger partial charge < -0.3 is 4.74 Å². The van der Waals surface area contributed by atoms with Gasteiger partial charge in [-0.3, -0.25) is 10.1 Å². The first-order valence-electron chi connectivity index (χ1n) is 5.38. The normalized spacial score (nSPS) is 10.2. The first-order chi connectivity index (χ1) is 9.08. The number of nitro benzene ring substituents is 1. The van der Waals surface area contributed by atoms with Gasteiger partial charge in [0.2, 0.25) is 0 Å². The van der Waals surface area contributed by atoms with E-state index in [-0.39, 0.29) is 28.6 Å². The van der Waals surface area contributed by atoms with Crippen LogP contribution in [0.2, 0.25) is 5.02 Å². The lowest BCUT2D eigenvalue weighted by molar-refractivity contribution is -0.385. The Morgan fingerprint density at radius 2 is 2.00 bits per heavy atom. The summed E-state index contributed by atoms with van der Waals surface area (Å²) in [4.78, 5) is 10.3. The Labute approximate surface area is 113 Å². The summed E-state index contributed by atoms with van der Waals surface area (Å²) >= 11 is 5.91. The summed E-state index contributed by atoms with van der Waals surface area (Å²) in [6.07, 6.45) is 0. The maximum atomic E-state index is 13.0. The van der Waals surface area contributed by atoms with Crippen LogP contribution in [0.25, 0.3) is 0 Å². The van der Waals surface area contributed by atoms with Crippen LogP contribution >= 0.6 is 11.6 Å². The SMILES string of the molecule is O=[N+]([O-])c1cccc(Cl)c1COc1cccc(F)c1. The fourth-order valence-corrected chi connectivity index (χ4v) is 1.80. The molecule has 0 saturated heterocycles. The Morgan fingerprint density at radius 3 is 2.68 bits per heavy atom. The quantitative estimate of drug-likeness (QED) is 0.629. The second-order valence-corrected chi connectivity index (χ2v) is 4.15. The molecule has 19 heavy (non-hydrogen) atoms. The van der Waals surface area contributed by atoms with Crippen molar-refractivity contribution in [1.29, 1.82) is 0 Å². The second-order valence-electron chi connectivity index (χ2n) is 3.74. The summed E-state index contributed by atoms with van der Waals surface area (Å²) in [5, 5.41) is 11.1. The van der Waals surface area contributed by atoms with Gasteiger partial charge in [-0.1, -0.05) is 23.7 Å². The Morgan fingerprint density at radius 1 is 1.26 bits per heavy atom. The van der Waals surface area contributed by atoms with Gasteiger partial charge in [-0.15, -0.1) is 0 Å². The van der Waals surface area contributed by atoms with Crippen LogP contribution in [0, 0.1) is 15.9 Å². The highest BCUT2D eigenvalue weighted by atomic mass is 35.5. The second kappa shape index (κ2) is 5.67. The van der Waals surface area contributed by atoms with Gasteiger partial charge in [-0.2, -0.15) is 0 Å². The van der Waals surface area contributed by atoms with Crippen molar-refractivity contribution in [3.05, 3.63) is 69.0 Å². The average Bonchev–Trinajstić information content (AvgIpc) is 2.37. The van der Waals surface area contributed by atoms with Gasteiger partial charge in [0.1, 0.15) is 18.2 Å². The smallest absolute Gasteiger partial charge is 0.277 e. The molecule has 0 unspecified atom stereocenters. The molecule has 0 N–H and O–H groups in total. The molecule has 0 fully saturated rings. The molecule has 0 aliphatic carbocycles. The summed E-state index contributed by atoms with van der Waals surface area (Å²) in [5.41, 5.74) is 0.141. The van der Waals surface area contributed by atoms with Crippen LogP contribution in [0.4, 0.5) is 10.1 Å². The van der Waals surface area contributed by atoms with Crippen LogP contribution in [-0.4, -0.2) is 4.92 Å². The van der Waals surface area contributed by atoms with Crippen molar-refractivity contribution in [2.75, 3.05) is 0 Å². The predicted octanol–water partition coefficient (Wildman–Crippen LogP) is 3.97. The number of hydrogen-bond donors (Lipinski definition) is 0. The Kier molecular flexibility index (Phi) is 3.97. The molecule has 0 amide bonds. The third-order valence-corrected chi connectivity index (χ3v) is 2.82. The van der Waals surface area contributed by atoms with Crippen LogP contribution in [0.1, 0.15) is 5.56 Å². The van der Waals surface area contributed by atoms with Crippen molar-refractivity contribution in [2.45, 2.75) is 6.61 Å². The molecule has 0 spiro atoms. The first kappa shape index (κ1) is 13.3. The Balaban J connectivity index is 2.22. The van der Waals surface area contributed by atoms with Crippen molar-refractivity contribution in [3.63, 3.8) is 0 Å². The molecular weight excluding hydrogens is 273 g/mol. The highest BCUT2D eigenvalue weighted by molar-refractivity contribution is 6.31. The number of halogens is 2. The van der Waals surface area contributed by atoms with E-state index in [4.69, 9.17) is 16.3 Å². The zero-order chi connectivity index (χ0) is 13.8. The van der Waals surface area contributed by atoms with Crippen molar-refractivity contribution in [3.8, 4) is 5.75 Å². The minimum atomic E-state index is -0.532. The monoisotopic (exact) mass is 281 g/mol. The lowest BCUT2D eigenvalue weighted by Gasteiger charge is -2.08. The van der Waals surface area contributed by atoms with Crippen LogP contribution in [0.15, 0.2) is 42.5 Å². The molecule has 0 aromatic heterocycles. The summed E-state index contributed by atoms with van der Waals surface area (Å²) in [7, 11) is 0. The summed E-state index contributed by atoms with van der Waals surface area (Å²) < 4.78 is 18.3. The minimum Gasteiger partial charge on any atom is -0.488 e. The van der Waals surface area contributed by atoms with Crippen molar-refractivity contribution in [1.82, 2.24) is 0 Å². The maximum absolute atomic E-state index is 13.0. The van der Waals surface area contributed by atoms with Crippen molar-refractivity contribution in [2.24, 2.45) is 0 Å². The van der Waals surface area contributed by atoms with Gasteiger partial charge in [0, 0.05) is 12.1 Å². The van der Waals surface area contributed by atoms with Gasteiger partial charge in [0.25, 0.3) is 5.69 Å². The number of nitro groups is 1. The first-order valence-corrected chi connectivity index (χ1v) is 5.76. The van der Waals surface area contributed by atoms with Crippen LogP contribution in [-0.2, 0) is 6.61 Å². The molecule has 6 heteroatoms. The van der Waals surface area contributed by atoms with E-state index >= 15 is 0 Å². The number of rotatable bonds is 4. The number of benzene rings is 2. The van der Waals surface area contributed by atoms with Gasteiger partial charge in [-0.05, 0) is 18.2 Å². The maximum Gasteiger partial charge on any atom is 0.277 e. The highest BCUT2D eigenvalue weighted by Gasteiger charge is 2.17. The molecule has 4 nitrogen and oxygen atoms in total. The average molecular weight is 282 g/mol.